The van der Waals surface area contributed by atoms with Gasteiger partial charge in [0.05, 0.1) is 13.2 Å². The molecule has 23 heavy (non-hydrogen) atoms. The molecule has 0 aromatic carbocycles. The zero-order valence-electron chi connectivity index (χ0n) is 13.2. The molecule has 5 atom stereocenters. The van der Waals surface area contributed by atoms with Crippen LogP contribution in [0.2, 0.25) is 0 Å². The largest absolute Gasteiger partial charge is 0.463 e. The summed E-state index contributed by atoms with van der Waals surface area (Å²) < 4.78 is 32.1. The molecule has 9 nitrogen and oxygen atoms in total. The van der Waals surface area contributed by atoms with Crippen LogP contribution in [-0.2, 0) is 42.8 Å². The smallest absolute Gasteiger partial charge is 0.303 e. The van der Waals surface area contributed by atoms with E-state index in [-0.39, 0.29) is 6.61 Å². The molecule has 2 saturated heterocycles. The lowest BCUT2D eigenvalue weighted by Gasteiger charge is -2.46. The van der Waals surface area contributed by atoms with Crippen molar-refractivity contribution in [2.24, 2.45) is 0 Å². The first kappa shape index (κ1) is 17.6. The van der Waals surface area contributed by atoms with Crippen LogP contribution in [0.15, 0.2) is 0 Å². The highest BCUT2D eigenvalue weighted by atomic mass is 16.7. The number of hydrogen-bond donors (Lipinski definition) is 0. The number of hydrogen-bond acceptors (Lipinski definition) is 9. The van der Waals surface area contributed by atoms with Crippen LogP contribution in [0.25, 0.3) is 0 Å². The Bertz CT molecular complexity index is 463. The molecule has 0 aromatic heterocycles. The van der Waals surface area contributed by atoms with Crippen LogP contribution in [-0.4, -0.2) is 68.4 Å². The van der Waals surface area contributed by atoms with Gasteiger partial charge in [-0.1, -0.05) is 0 Å². The molecule has 0 saturated carbocycles. The number of ether oxygens (including phenoxy) is 6. The Hall–Kier alpha value is -1.71. The minimum atomic E-state index is -0.973. The number of carbonyl (C=O) groups is 3. The van der Waals surface area contributed by atoms with Crippen molar-refractivity contribution in [2.45, 2.75) is 51.5 Å². The van der Waals surface area contributed by atoms with Crippen LogP contribution in [0.1, 0.15) is 20.8 Å². The summed E-state index contributed by atoms with van der Waals surface area (Å²) in [5.41, 5.74) is 0. The fourth-order valence-electron chi connectivity index (χ4n) is 2.53. The highest BCUT2D eigenvalue weighted by Crippen LogP contribution is 2.31. The minimum Gasteiger partial charge on any atom is -0.463 e. The maximum atomic E-state index is 11.4. The fourth-order valence-corrected chi connectivity index (χ4v) is 2.53. The SMILES string of the molecule is CC(=O)OCC1OC2OCCOC2C(OC(C)=O)C1OC(C)=O. The van der Waals surface area contributed by atoms with Crippen LogP contribution in [0, 0.1) is 0 Å². The van der Waals surface area contributed by atoms with Crippen molar-refractivity contribution in [1.29, 1.82) is 0 Å². The van der Waals surface area contributed by atoms with Crippen molar-refractivity contribution >= 4 is 17.9 Å². The Labute approximate surface area is 133 Å². The minimum absolute atomic E-state index is 0.169. The number of esters is 3. The van der Waals surface area contributed by atoms with Gasteiger partial charge in [-0.25, -0.2) is 0 Å². The summed E-state index contributed by atoms with van der Waals surface area (Å²) in [7, 11) is 0. The van der Waals surface area contributed by atoms with Crippen molar-refractivity contribution in [1.82, 2.24) is 0 Å². The highest BCUT2D eigenvalue weighted by molar-refractivity contribution is 5.67. The quantitative estimate of drug-likeness (QED) is 0.500. The first-order chi connectivity index (χ1) is 10.9. The van der Waals surface area contributed by atoms with Gasteiger partial charge in [-0.3, -0.25) is 14.4 Å². The van der Waals surface area contributed by atoms with Crippen molar-refractivity contribution in [2.75, 3.05) is 19.8 Å². The fraction of sp³-hybridized carbons (Fsp3) is 0.786. The van der Waals surface area contributed by atoms with Gasteiger partial charge in [0, 0.05) is 20.8 Å². The second-order valence-corrected chi connectivity index (χ2v) is 5.20. The lowest BCUT2D eigenvalue weighted by molar-refractivity contribution is -0.336. The van der Waals surface area contributed by atoms with Crippen molar-refractivity contribution in [3.8, 4) is 0 Å². The van der Waals surface area contributed by atoms with E-state index in [2.05, 4.69) is 0 Å². The van der Waals surface area contributed by atoms with Gasteiger partial charge < -0.3 is 28.4 Å². The molecule has 0 bridgehead atoms. The Balaban J connectivity index is 2.22. The van der Waals surface area contributed by atoms with Gasteiger partial charge in [-0.05, 0) is 0 Å². The highest BCUT2D eigenvalue weighted by Gasteiger charge is 2.52. The average Bonchev–Trinajstić information content (AvgIpc) is 2.46. The standard InChI is InChI=1S/C14H20O9/c1-7(15)20-6-10-11(21-8(2)16)12(22-9(3)17)13-14(23-10)19-5-4-18-13/h10-14H,4-6H2,1-3H3. The predicted octanol–water partition coefficient (Wildman–Crippen LogP) is -0.447. The van der Waals surface area contributed by atoms with E-state index in [9.17, 15) is 14.4 Å². The lowest BCUT2D eigenvalue weighted by atomic mass is 9.98. The summed E-state index contributed by atoms with van der Waals surface area (Å²) in [6.45, 7) is 4.14. The molecule has 9 heteroatoms. The molecule has 0 aliphatic carbocycles. The van der Waals surface area contributed by atoms with Gasteiger partial charge in [-0.2, -0.15) is 0 Å². The van der Waals surface area contributed by atoms with E-state index in [0.717, 1.165) is 0 Å². The molecular formula is C14H20O9. The molecule has 0 spiro atoms. The van der Waals surface area contributed by atoms with Gasteiger partial charge in [0.25, 0.3) is 0 Å². The van der Waals surface area contributed by atoms with E-state index < -0.39 is 48.6 Å². The van der Waals surface area contributed by atoms with E-state index in [1.807, 2.05) is 0 Å². The lowest BCUT2D eigenvalue weighted by Crippen LogP contribution is -2.64. The molecule has 5 unspecified atom stereocenters. The van der Waals surface area contributed by atoms with E-state index >= 15 is 0 Å². The maximum absolute atomic E-state index is 11.4. The van der Waals surface area contributed by atoms with Crippen molar-refractivity contribution in [3.63, 3.8) is 0 Å². The predicted molar refractivity (Wildman–Crippen MR) is 72.1 cm³/mol. The molecule has 0 aromatic rings. The van der Waals surface area contributed by atoms with Crippen LogP contribution in [0.4, 0.5) is 0 Å². The van der Waals surface area contributed by atoms with Crippen molar-refractivity contribution < 1.29 is 42.8 Å². The molecular weight excluding hydrogens is 312 g/mol. The number of fused-ring (bicyclic) bond motifs is 1. The van der Waals surface area contributed by atoms with Crippen LogP contribution >= 0.6 is 0 Å². The van der Waals surface area contributed by atoms with E-state index in [0.29, 0.717) is 13.2 Å². The zero-order valence-corrected chi connectivity index (χ0v) is 13.2. The third-order valence-electron chi connectivity index (χ3n) is 3.32. The molecule has 2 aliphatic rings. The summed E-state index contributed by atoms with van der Waals surface area (Å²) >= 11 is 0. The molecule has 2 aliphatic heterocycles. The monoisotopic (exact) mass is 332 g/mol. The third-order valence-corrected chi connectivity index (χ3v) is 3.32. The summed E-state index contributed by atoms with van der Waals surface area (Å²) in [5.74, 6) is -1.66. The maximum Gasteiger partial charge on any atom is 0.303 e. The van der Waals surface area contributed by atoms with Gasteiger partial charge in [0.2, 0.25) is 0 Å². The summed E-state index contributed by atoms with van der Waals surface area (Å²) in [6, 6.07) is 0. The average molecular weight is 332 g/mol. The van der Waals surface area contributed by atoms with Crippen molar-refractivity contribution in [3.05, 3.63) is 0 Å². The van der Waals surface area contributed by atoms with E-state index in [4.69, 9.17) is 28.4 Å². The van der Waals surface area contributed by atoms with E-state index in [1.165, 1.54) is 20.8 Å². The molecule has 2 fully saturated rings. The Morgan fingerprint density at radius 1 is 0.913 bits per heavy atom. The second kappa shape index (κ2) is 7.71. The van der Waals surface area contributed by atoms with Crippen LogP contribution in [0.3, 0.4) is 0 Å². The van der Waals surface area contributed by atoms with Gasteiger partial charge in [0.1, 0.15) is 18.8 Å². The van der Waals surface area contributed by atoms with Gasteiger partial charge >= 0.3 is 17.9 Å². The van der Waals surface area contributed by atoms with Crippen LogP contribution in [0.5, 0.6) is 0 Å². The molecule has 2 rings (SSSR count). The topological polar surface area (TPSA) is 107 Å². The third kappa shape index (κ3) is 4.63. The molecule has 0 N–H and O–H groups in total. The first-order valence-electron chi connectivity index (χ1n) is 7.25. The molecule has 0 radical (unpaired) electrons. The molecule has 0 amide bonds. The summed E-state index contributed by atoms with van der Waals surface area (Å²) in [6.07, 6.45) is -4.27. The molecule has 2 heterocycles. The van der Waals surface area contributed by atoms with E-state index in [1.54, 1.807) is 0 Å². The second-order valence-electron chi connectivity index (χ2n) is 5.20. The Morgan fingerprint density at radius 3 is 2.13 bits per heavy atom. The van der Waals surface area contributed by atoms with Crippen LogP contribution < -0.4 is 0 Å². The summed E-state index contributed by atoms with van der Waals surface area (Å²) in [4.78, 5) is 33.8. The van der Waals surface area contributed by atoms with Gasteiger partial charge in [0.15, 0.2) is 18.5 Å². The zero-order chi connectivity index (χ0) is 17.0. The number of rotatable bonds is 4. The first-order valence-corrected chi connectivity index (χ1v) is 7.25. The molecule has 130 valence electrons. The normalized spacial score (nSPS) is 33.3. The van der Waals surface area contributed by atoms with Gasteiger partial charge in [-0.15, -0.1) is 0 Å². The summed E-state index contributed by atoms with van der Waals surface area (Å²) in [5, 5.41) is 0. The number of carbonyl (C=O) groups excluding carboxylic acids is 3. The Morgan fingerprint density at radius 2 is 1.52 bits per heavy atom. The Kier molecular flexibility index (Phi) is 5.91.